The summed E-state index contributed by atoms with van der Waals surface area (Å²) in [6.45, 7) is 0. The molecule has 0 amide bonds. The lowest BCUT2D eigenvalue weighted by Crippen LogP contribution is -2.03. The van der Waals surface area contributed by atoms with Crippen LogP contribution in [0.1, 0.15) is 18.4 Å². The fourth-order valence-electron chi connectivity index (χ4n) is 1.52. The molecule has 104 valence electrons. The fraction of sp³-hybridized carbons (Fsp3) is 0.308. The van der Waals surface area contributed by atoms with E-state index in [1.54, 1.807) is 18.2 Å². The number of nitrogens with zero attached hydrogens (tertiary/aromatic N) is 3. The quantitative estimate of drug-likeness (QED) is 0.273. The van der Waals surface area contributed by atoms with E-state index in [0.29, 0.717) is 16.3 Å². The van der Waals surface area contributed by atoms with Gasteiger partial charge in [0, 0.05) is 15.5 Å². The molecular weight excluding hydrogens is 282 g/mol. The van der Waals surface area contributed by atoms with Crippen LogP contribution in [0.5, 0.6) is 5.75 Å². The molecule has 1 aromatic carbocycles. The van der Waals surface area contributed by atoms with Crippen LogP contribution in [0.25, 0.3) is 16.5 Å². The van der Waals surface area contributed by atoms with Gasteiger partial charge in [0.2, 0.25) is 0 Å². The minimum absolute atomic E-state index is 0.141. The van der Waals surface area contributed by atoms with E-state index in [1.165, 1.54) is 13.2 Å². The van der Waals surface area contributed by atoms with Crippen molar-refractivity contribution in [2.24, 2.45) is 5.11 Å². The molecule has 0 aliphatic heterocycles. The van der Waals surface area contributed by atoms with Gasteiger partial charge in [-0.2, -0.15) is 0 Å². The van der Waals surface area contributed by atoms with Crippen molar-refractivity contribution in [2.75, 3.05) is 7.11 Å². The van der Waals surface area contributed by atoms with Crippen LogP contribution < -0.4 is 4.74 Å². The number of ether oxygens (including phenoxy) is 2. The third-order valence-corrected chi connectivity index (χ3v) is 2.87. The Hall–Kier alpha value is -2.17. The first-order valence-electron chi connectivity index (χ1n) is 5.95. The van der Waals surface area contributed by atoms with Gasteiger partial charge in [0.1, 0.15) is 11.4 Å². The van der Waals surface area contributed by atoms with Crippen molar-refractivity contribution < 1.29 is 14.3 Å². The van der Waals surface area contributed by atoms with Gasteiger partial charge < -0.3 is 9.47 Å². The molecule has 7 heteroatoms. The van der Waals surface area contributed by atoms with Crippen molar-refractivity contribution in [1.82, 2.24) is 0 Å². The summed E-state index contributed by atoms with van der Waals surface area (Å²) < 4.78 is 10.3. The number of hydrogen-bond donors (Lipinski definition) is 0. The van der Waals surface area contributed by atoms with Crippen LogP contribution in [0.4, 0.5) is 0 Å². The zero-order valence-corrected chi connectivity index (χ0v) is 11.5. The van der Waals surface area contributed by atoms with E-state index < -0.39 is 5.97 Å². The molecule has 0 bridgehead atoms. The Kier molecular flexibility index (Phi) is 4.50. The molecule has 1 saturated carbocycles. The highest BCUT2D eigenvalue weighted by molar-refractivity contribution is 6.30. The summed E-state index contributed by atoms with van der Waals surface area (Å²) in [7, 11) is 1.21. The number of hydrogen-bond acceptors (Lipinski definition) is 4. The van der Waals surface area contributed by atoms with Crippen molar-refractivity contribution in [2.45, 2.75) is 18.9 Å². The molecule has 0 saturated heterocycles. The number of methoxy groups -OCH3 is 1. The lowest BCUT2D eigenvalue weighted by Gasteiger charge is -2.09. The van der Waals surface area contributed by atoms with Gasteiger partial charge in [0.05, 0.1) is 13.2 Å². The number of carbonyl (C=O) groups excluding carboxylic acids is 1. The predicted molar refractivity (Wildman–Crippen MR) is 74.2 cm³/mol. The van der Waals surface area contributed by atoms with Gasteiger partial charge >= 0.3 is 5.97 Å². The van der Waals surface area contributed by atoms with Crippen LogP contribution in [0.2, 0.25) is 5.02 Å². The zero-order chi connectivity index (χ0) is 14.5. The zero-order valence-electron chi connectivity index (χ0n) is 10.7. The van der Waals surface area contributed by atoms with E-state index in [0.717, 1.165) is 12.8 Å². The number of azide groups is 1. The molecule has 20 heavy (non-hydrogen) atoms. The van der Waals surface area contributed by atoms with Crippen LogP contribution in [0.15, 0.2) is 29.0 Å². The van der Waals surface area contributed by atoms with Crippen LogP contribution in [-0.2, 0) is 9.53 Å². The summed E-state index contributed by atoms with van der Waals surface area (Å²) in [5.41, 5.74) is 8.95. The number of benzene rings is 1. The second-order valence-electron chi connectivity index (χ2n) is 4.21. The fourth-order valence-corrected chi connectivity index (χ4v) is 1.69. The number of rotatable bonds is 5. The van der Waals surface area contributed by atoms with E-state index in [4.69, 9.17) is 21.9 Å². The maximum atomic E-state index is 11.5. The van der Waals surface area contributed by atoms with Crippen LogP contribution >= 0.6 is 11.6 Å². The summed E-state index contributed by atoms with van der Waals surface area (Å²) in [5, 5.41) is 3.86. The molecule has 2 rings (SSSR count). The van der Waals surface area contributed by atoms with Crippen molar-refractivity contribution in [3.63, 3.8) is 0 Å². The molecule has 1 aliphatic carbocycles. The SMILES string of the molecule is COC(=O)/C(=C/c1ccc(Cl)cc1OC1CC1)N=[N+]=[N-]. The first kappa shape index (κ1) is 14.2. The van der Waals surface area contributed by atoms with E-state index in [2.05, 4.69) is 14.8 Å². The van der Waals surface area contributed by atoms with Gasteiger partial charge in [0.15, 0.2) is 0 Å². The Morgan fingerprint density at radius 3 is 2.90 bits per heavy atom. The molecule has 0 spiro atoms. The third kappa shape index (κ3) is 3.66. The smallest absolute Gasteiger partial charge is 0.340 e. The summed E-state index contributed by atoms with van der Waals surface area (Å²) in [5.74, 6) is -0.162. The standard InChI is InChI=1S/C13H12ClN3O3/c1-19-13(18)11(16-17-15)6-8-2-3-9(14)7-12(8)20-10-4-5-10/h2-3,6-7,10H,4-5H2,1H3/b11-6-. The van der Waals surface area contributed by atoms with Gasteiger partial charge in [-0.3, -0.25) is 0 Å². The van der Waals surface area contributed by atoms with E-state index in [-0.39, 0.29) is 11.8 Å². The molecule has 0 aromatic heterocycles. The highest BCUT2D eigenvalue weighted by atomic mass is 35.5. The van der Waals surface area contributed by atoms with E-state index >= 15 is 0 Å². The average molecular weight is 294 g/mol. The summed E-state index contributed by atoms with van der Waals surface area (Å²) >= 11 is 5.93. The predicted octanol–water partition coefficient (Wildman–Crippen LogP) is 3.71. The Morgan fingerprint density at radius 1 is 1.55 bits per heavy atom. The minimum atomic E-state index is -0.713. The van der Waals surface area contributed by atoms with E-state index in [9.17, 15) is 4.79 Å². The number of halogens is 1. The van der Waals surface area contributed by atoms with Gasteiger partial charge in [-0.15, -0.1) is 0 Å². The molecule has 6 nitrogen and oxygen atoms in total. The molecule has 0 radical (unpaired) electrons. The van der Waals surface area contributed by atoms with Crippen molar-refractivity contribution in [3.05, 3.63) is 44.9 Å². The van der Waals surface area contributed by atoms with Gasteiger partial charge in [-0.25, -0.2) is 4.79 Å². The monoisotopic (exact) mass is 293 g/mol. The Morgan fingerprint density at radius 2 is 2.30 bits per heavy atom. The lowest BCUT2D eigenvalue weighted by atomic mass is 10.1. The molecular formula is C13H12ClN3O3. The second-order valence-corrected chi connectivity index (χ2v) is 4.65. The second kappa shape index (κ2) is 6.32. The van der Waals surface area contributed by atoms with Gasteiger partial charge in [0.25, 0.3) is 0 Å². The molecule has 0 unspecified atom stereocenters. The van der Waals surface area contributed by atoms with E-state index in [1.807, 2.05) is 0 Å². The maximum Gasteiger partial charge on any atom is 0.340 e. The lowest BCUT2D eigenvalue weighted by molar-refractivity contribution is -0.136. The topological polar surface area (TPSA) is 84.3 Å². The summed E-state index contributed by atoms with van der Waals surface area (Å²) in [6.07, 6.45) is 3.59. The third-order valence-electron chi connectivity index (χ3n) is 2.63. The molecule has 1 fully saturated rings. The van der Waals surface area contributed by atoms with Crippen LogP contribution in [0.3, 0.4) is 0 Å². The largest absolute Gasteiger partial charge is 0.490 e. The molecule has 0 atom stereocenters. The minimum Gasteiger partial charge on any atom is -0.490 e. The maximum absolute atomic E-state index is 11.5. The summed E-state index contributed by atoms with van der Waals surface area (Å²) in [4.78, 5) is 14.1. The van der Waals surface area contributed by atoms with Crippen LogP contribution in [-0.4, -0.2) is 19.2 Å². The van der Waals surface area contributed by atoms with Gasteiger partial charge in [-0.1, -0.05) is 16.7 Å². The normalized spacial score (nSPS) is 14.4. The first-order chi connectivity index (χ1) is 9.63. The molecule has 1 aromatic rings. The molecule has 0 N–H and O–H groups in total. The van der Waals surface area contributed by atoms with Crippen molar-refractivity contribution in [1.29, 1.82) is 0 Å². The summed E-state index contributed by atoms with van der Waals surface area (Å²) in [6, 6.07) is 5.02. The van der Waals surface area contributed by atoms with Gasteiger partial charge in [-0.05, 0) is 42.6 Å². The molecule has 0 heterocycles. The first-order valence-corrected chi connectivity index (χ1v) is 6.33. The van der Waals surface area contributed by atoms with Crippen molar-refractivity contribution >= 4 is 23.6 Å². The highest BCUT2D eigenvalue weighted by Crippen LogP contribution is 2.32. The van der Waals surface area contributed by atoms with Crippen molar-refractivity contribution in [3.8, 4) is 5.75 Å². The Balaban J connectivity index is 2.38. The highest BCUT2D eigenvalue weighted by Gasteiger charge is 2.24. The number of carbonyl (C=O) groups is 1. The molecule has 1 aliphatic rings. The average Bonchev–Trinajstić information content (AvgIpc) is 3.24. The Bertz CT molecular complexity index is 605. The Labute approximate surface area is 120 Å². The van der Waals surface area contributed by atoms with Crippen LogP contribution in [0, 0.1) is 0 Å². The number of esters is 1.